The number of carbonyl (C=O) groups excluding carboxylic acids is 3. The summed E-state index contributed by atoms with van der Waals surface area (Å²) in [5.41, 5.74) is -0.430. The van der Waals surface area contributed by atoms with Crippen LogP contribution in [0.4, 0.5) is 0 Å². The molecule has 2 fully saturated rings. The van der Waals surface area contributed by atoms with Crippen LogP contribution in [-0.2, 0) is 25.5 Å². The van der Waals surface area contributed by atoms with E-state index in [-0.39, 0.29) is 23.7 Å². The molecule has 2 saturated heterocycles. The zero-order chi connectivity index (χ0) is 19.3. The second-order valence-electron chi connectivity index (χ2n) is 7.52. The Balaban J connectivity index is 1.57. The second-order valence-corrected chi connectivity index (χ2v) is 7.52. The van der Waals surface area contributed by atoms with Gasteiger partial charge >= 0.3 is 5.97 Å². The molecular weight excluding hydrogens is 348 g/mol. The van der Waals surface area contributed by atoms with Crippen LogP contribution in [-0.4, -0.2) is 47.9 Å². The first-order valence-corrected chi connectivity index (χ1v) is 9.79. The minimum atomic E-state index is -0.430. The van der Waals surface area contributed by atoms with Gasteiger partial charge in [-0.3, -0.25) is 14.4 Å². The summed E-state index contributed by atoms with van der Waals surface area (Å²) in [5, 5.41) is 3.06. The van der Waals surface area contributed by atoms with E-state index in [4.69, 9.17) is 9.15 Å². The molecule has 3 rings (SSSR count). The fraction of sp³-hybridized carbons (Fsp3) is 0.650. The van der Waals surface area contributed by atoms with E-state index >= 15 is 0 Å². The summed E-state index contributed by atoms with van der Waals surface area (Å²) in [6.07, 6.45) is 5.87. The van der Waals surface area contributed by atoms with E-state index < -0.39 is 5.54 Å². The van der Waals surface area contributed by atoms with Crippen LogP contribution in [0.25, 0.3) is 0 Å². The molecule has 1 N–H and O–H groups in total. The molecule has 148 valence electrons. The number of nitrogens with one attached hydrogen (secondary N) is 1. The second kappa shape index (κ2) is 8.59. The molecule has 3 heterocycles. The van der Waals surface area contributed by atoms with Crippen molar-refractivity contribution in [3.05, 3.63) is 24.2 Å². The van der Waals surface area contributed by atoms with E-state index in [1.54, 1.807) is 18.1 Å². The molecular formula is C20H28N2O5. The highest BCUT2D eigenvalue weighted by Crippen LogP contribution is 2.30. The summed E-state index contributed by atoms with van der Waals surface area (Å²) >= 11 is 0. The summed E-state index contributed by atoms with van der Waals surface area (Å²) in [5.74, 6) is 0.418. The van der Waals surface area contributed by atoms with E-state index in [1.165, 1.54) is 0 Å². The number of nitrogens with zero attached hydrogens (tertiary/aromatic N) is 1. The summed E-state index contributed by atoms with van der Waals surface area (Å²) in [6, 6.07) is 3.72. The van der Waals surface area contributed by atoms with Gasteiger partial charge in [0, 0.05) is 37.9 Å². The van der Waals surface area contributed by atoms with Crippen molar-refractivity contribution in [3.8, 4) is 0 Å². The number of furan rings is 1. The molecule has 0 saturated carbocycles. The molecule has 2 aliphatic heterocycles. The Kier molecular flexibility index (Phi) is 6.19. The number of ether oxygens (including phenoxy) is 1. The molecule has 1 aromatic rings. The van der Waals surface area contributed by atoms with Crippen molar-refractivity contribution >= 4 is 17.8 Å². The van der Waals surface area contributed by atoms with Crippen molar-refractivity contribution in [2.75, 3.05) is 19.7 Å². The number of likely N-dealkylation sites (tertiary alicyclic amines) is 1. The summed E-state index contributed by atoms with van der Waals surface area (Å²) in [6.45, 7) is 3.25. The van der Waals surface area contributed by atoms with Crippen molar-refractivity contribution in [1.29, 1.82) is 0 Å². The van der Waals surface area contributed by atoms with Crippen LogP contribution in [0.3, 0.4) is 0 Å². The van der Waals surface area contributed by atoms with Gasteiger partial charge in [0.1, 0.15) is 5.76 Å². The largest absolute Gasteiger partial charge is 0.469 e. The Hall–Kier alpha value is -2.31. The Morgan fingerprint density at radius 3 is 2.96 bits per heavy atom. The predicted molar refractivity (Wildman–Crippen MR) is 97.7 cm³/mol. The minimum absolute atomic E-state index is 0.0225. The fourth-order valence-corrected chi connectivity index (χ4v) is 4.09. The maximum atomic E-state index is 12.7. The van der Waals surface area contributed by atoms with E-state index in [0.717, 1.165) is 18.6 Å². The lowest BCUT2D eigenvalue weighted by atomic mass is 9.86. The van der Waals surface area contributed by atoms with Crippen molar-refractivity contribution < 1.29 is 23.5 Å². The molecule has 7 heteroatoms. The predicted octanol–water partition coefficient (Wildman–Crippen LogP) is 2.05. The number of esters is 1. The fourth-order valence-electron chi connectivity index (χ4n) is 4.09. The molecule has 0 bridgehead atoms. The molecule has 0 radical (unpaired) electrons. The first-order valence-electron chi connectivity index (χ1n) is 9.79. The van der Waals surface area contributed by atoms with Gasteiger partial charge < -0.3 is 19.4 Å². The summed E-state index contributed by atoms with van der Waals surface area (Å²) in [4.78, 5) is 38.3. The molecule has 0 aliphatic carbocycles. The lowest BCUT2D eigenvalue weighted by Crippen LogP contribution is -2.46. The number of rotatable bonds is 7. The molecule has 27 heavy (non-hydrogen) atoms. The Morgan fingerprint density at radius 1 is 1.44 bits per heavy atom. The van der Waals surface area contributed by atoms with Gasteiger partial charge in [-0.2, -0.15) is 0 Å². The topological polar surface area (TPSA) is 88.8 Å². The number of amides is 2. The first kappa shape index (κ1) is 19.5. The van der Waals surface area contributed by atoms with Crippen LogP contribution in [0.15, 0.2) is 22.8 Å². The van der Waals surface area contributed by atoms with Gasteiger partial charge in [0.15, 0.2) is 0 Å². The number of hydrogen-bond donors (Lipinski definition) is 1. The van der Waals surface area contributed by atoms with Crippen molar-refractivity contribution in [2.24, 2.45) is 5.92 Å². The van der Waals surface area contributed by atoms with Crippen molar-refractivity contribution in [3.63, 3.8) is 0 Å². The first-order chi connectivity index (χ1) is 13.0. The van der Waals surface area contributed by atoms with Crippen LogP contribution >= 0.6 is 0 Å². The monoisotopic (exact) mass is 376 g/mol. The molecule has 2 unspecified atom stereocenters. The zero-order valence-corrected chi connectivity index (χ0v) is 15.9. The average Bonchev–Trinajstić information content (AvgIpc) is 3.30. The smallest absolute Gasteiger partial charge is 0.310 e. The standard InChI is InChI=1S/C20H28N2O5/c1-2-26-19(25)15-5-3-11-22(14-15)18(24)8-10-20(9-7-17(23)21-20)13-16-6-4-12-27-16/h4,6,12,15H,2-3,5,7-11,13-14H2,1H3,(H,21,23). The van der Waals surface area contributed by atoms with Gasteiger partial charge in [-0.15, -0.1) is 0 Å². The maximum absolute atomic E-state index is 12.7. The summed E-state index contributed by atoms with van der Waals surface area (Å²) in [7, 11) is 0. The highest BCUT2D eigenvalue weighted by molar-refractivity contribution is 5.81. The normalized spacial score (nSPS) is 25.3. The average molecular weight is 376 g/mol. The summed E-state index contributed by atoms with van der Waals surface area (Å²) < 4.78 is 10.5. The van der Waals surface area contributed by atoms with Crippen LogP contribution in [0.1, 0.15) is 51.2 Å². The Labute approximate surface area is 159 Å². The Bertz CT molecular complexity index is 672. The van der Waals surface area contributed by atoms with Gasteiger partial charge in [-0.25, -0.2) is 0 Å². The number of piperidine rings is 1. The third-order valence-electron chi connectivity index (χ3n) is 5.54. The van der Waals surface area contributed by atoms with Gasteiger partial charge in [0.05, 0.1) is 18.8 Å². The molecule has 2 aliphatic rings. The minimum Gasteiger partial charge on any atom is -0.469 e. The zero-order valence-electron chi connectivity index (χ0n) is 15.9. The Morgan fingerprint density at radius 2 is 2.30 bits per heavy atom. The SMILES string of the molecule is CCOC(=O)C1CCCN(C(=O)CCC2(Cc3ccco3)CCC(=O)N2)C1. The molecule has 0 aromatic carbocycles. The van der Waals surface area contributed by atoms with Gasteiger partial charge in [0.25, 0.3) is 0 Å². The van der Waals surface area contributed by atoms with Crippen LogP contribution in [0.5, 0.6) is 0 Å². The number of carbonyl (C=O) groups is 3. The van der Waals surface area contributed by atoms with Gasteiger partial charge in [0.2, 0.25) is 11.8 Å². The van der Waals surface area contributed by atoms with Crippen LogP contribution < -0.4 is 5.32 Å². The molecule has 0 spiro atoms. The van der Waals surface area contributed by atoms with E-state index in [2.05, 4.69) is 5.32 Å². The third kappa shape index (κ3) is 4.90. The van der Waals surface area contributed by atoms with Crippen LogP contribution in [0.2, 0.25) is 0 Å². The number of hydrogen-bond acceptors (Lipinski definition) is 5. The van der Waals surface area contributed by atoms with E-state index in [0.29, 0.717) is 51.8 Å². The lowest BCUT2D eigenvalue weighted by molar-refractivity contribution is -0.151. The maximum Gasteiger partial charge on any atom is 0.310 e. The quantitative estimate of drug-likeness (QED) is 0.736. The molecule has 2 atom stereocenters. The van der Waals surface area contributed by atoms with Gasteiger partial charge in [-0.1, -0.05) is 0 Å². The lowest BCUT2D eigenvalue weighted by Gasteiger charge is -2.33. The molecule has 2 amide bonds. The molecule has 1 aromatic heterocycles. The third-order valence-corrected chi connectivity index (χ3v) is 5.54. The van der Waals surface area contributed by atoms with Crippen LogP contribution in [0, 0.1) is 5.92 Å². The molecule has 7 nitrogen and oxygen atoms in total. The van der Waals surface area contributed by atoms with E-state index in [1.807, 2.05) is 12.1 Å². The van der Waals surface area contributed by atoms with E-state index in [9.17, 15) is 14.4 Å². The van der Waals surface area contributed by atoms with Crippen molar-refractivity contribution in [2.45, 2.75) is 57.4 Å². The van der Waals surface area contributed by atoms with Gasteiger partial charge in [-0.05, 0) is 44.7 Å². The highest BCUT2D eigenvalue weighted by atomic mass is 16.5. The van der Waals surface area contributed by atoms with Crippen molar-refractivity contribution in [1.82, 2.24) is 10.2 Å². The highest BCUT2D eigenvalue weighted by Gasteiger charge is 2.39.